The summed E-state index contributed by atoms with van der Waals surface area (Å²) in [6.07, 6.45) is 1.57. The molecule has 0 saturated heterocycles. The number of anilines is 1. The van der Waals surface area contributed by atoms with E-state index in [-0.39, 0.29) is 5.57 Å². The van der Waals surface area contributed by atoms with Crippen molar-refractivity contribution in [2.45, 2.75) is 20.5 Å². The molecule has 4 nitrogen and oxygen atoms in total. The molecule has 0 atom stereocenters. The van der Waals surface area contributed by atoms with E-state index in [4.69, 9.17) is 27.9 Å². The van der Waals surface area contributed by atoms with Gasteiger partial charge in [-0.25, -0.2) is 0 Å². The maximum atomic E-state index is 12.5. The zero-order chi connectivity index (χ0) is 23.3. The Morgan fingerprint density at radius 3 is 2.44 bits per heavy atom. The highest BCUT2D eigenvalue weighted by molar-refractivity contribution is 9.10. The second kappa shape index (κ2) is 10.7. The van der Waals surface area contributed by atoms with Gasteiger partial charge in [0.05, 0.1) is 10.0 Å². The summed E-state index contributed by atoms with van der Waals surface area (Å²) in [5.41, 5.74) is 4.03. The first-order chi connectivity index (χ1) is 15.3. The molecule has 0 aliphatic rings. The van der Waals surface area contributed by atoms with Gasteiger partial charge in [0.1, 0.15) is 24.0 Å². The minimum absolute atomic E-state index is 0.00764. The van der Waals surface area contributed by atoms with Gasteiger partial charge in [0.25, 0.3) is 5.91 Å². The summed E-state index contributed by atoms with van der Waals surface area (Å²) in [6, 6.07) is 18.3. The monoisotopic (exact) mass is 528 g/mol. The number of halogens is 3. The standard InChI is InChI=1S/C25H19BrCl2N2O2/c1-15-8-18(10-19(13-29)25(31)30-21-5-3-4-20(26)12-21)9-16(2)24(15)32-14-17-6-7-22(27)23(28)11-17/h3-12H,14H2,1-2H3,(H,30,31)/b19-10+. The first kappa shape index (κ1) is 23.9. The molecular formula is C25H19BrCl2N2O2. The minimum atomic E-state index is -0.471. The summed E-state index contributed by atoms with van der Waals surface area (Å²) in [5.74, 6) is 0.270. The zero-order valence-corrected chi connectivity index (χ0v) is 20.5. The van der Waals surface area contributed by atoms with Crippen LogP contribution in [0.15, 0.2) is 64.6 Å². The van der Waals surface area contributed by atoms with Crippen LogP contribution in [0.4, 0.5) is 5.69 Å². The third kappa shape index (κ3) is 6.14. The van der Waals surface area contributed by atoms with Crippen LogP contribution in [0, 0.1) is 25.2 Å². The van der Waals surface area contributed by atoms with Crippen molar-refractivity contribution in [1.29, 1.82) is 5.26 Å². The predicted molar refractivity (Wildman–Crippen MR) is 133 cm³/mol. The Morgan fingerprint density at radius 2 is 1.81 bits per heavy atom. The second-order valence-electron chi connectivity index (χ2n) is 7.16. The molecule has 1 N–H and O–H groups in total. The van der Waals surface area contributed by atoms with Crippen LogP contribution in [-0.4, -0.2) is 5.91 Å². The van der Waals surface area contributed by atoms with E-state index in [1.54, 1.807) is 36.4 Å². The van der Waals surface area contributed by atoms with Crippen LogP contribution in [0.2, 0.25) is 10.0 Å². The third-order valence-electron chi connectivity index (χ3n) is 4.61. The molecule has 3 rings (SSSR count). The summed E-state index contributed by atoms with van der Waals surface area (Å²) in [7, 11) is 0. The van der Waals surface area contributed by atoms with E-state index < -0.39 is 5.91 Å². The van der Waals surface area contributed by atoms with Crippen LogP contribution < -0.4 is 10.1 Å². The van der Waals surface area contributed by atoms with Crippen molar-refractivity contribution < 1.29 is 9.53 Å². The van der Waals surface area contributed by atoms with Gasteiger partial charge in [-0.3, -0.25) is 4.79 Å². The number of carbonyl (C=O) groups excluding carboxylic acids is 1. The van der Waals surface area contributed by atoms with E-state index in [0.29, 0.717) is 22.3 Å². The Morgan fingerprint density at radius 1 is 1.09 bits per heavy atom. The maximum absolute atomic E-state index is 12.5. The number of amides is 1. The summed E-state index contributed by atoms with van der Waals surface area (Å²) in [5, 5.41) is 13.2. The van der Waals surface area contributed by atoms with Gasteiger partial charge in [-0.2, -0.15) is 5.26 Å². The van der Waals surface area contributed by atoms with Gasteiger partial charge >= 0.3 is 0 Å². The summed E-state index contributed by atoms with van der Waals surface area (Å²) >= 11 is 15.4. The average Bonchev–Trinajstić information content (AvgIpc) is 2.73. The van der Waals surface area contributed by atoms with Gasteiger partial charge in [-0.05, 0) is 84.6 Å². The number of aryl methyl sites for hydroxylation is 2. The molecule has 0 spiro atoms. The first-order valence-electron chi connectivity index (χ1n) is 9.63. The lowest BCUT2D eigenvalue weighted by Gasteiger charge is -2.14. The molecule has 0 saturated carbocycles. The van der Waals surface area contributed by atoms with E-state index >= 15 is 0 Å². The molecule has 0 heterocycles. The summed E-state index contributed by atoms with van der Waals surface area (Å²) < 4.78 is 6.84. The van der Waals surface area contributed by atoms with E-state index in [0.717, 1.165) is 32.5 Å². The Kier molecular flexibility index (Phi) is 7.98. The van der Waals surface area contributed by atoms with Crippen molar-refractivity contribution in [1.82, 2.24) is 0 Å². The fourth-order valence-corrected chi connectivity index (χ4v) is 3.88. The Balaban J connectivity index is 1.77. The SMILES string of the molecule is Cc1cc(/C=C(\C#N)C(=O)Nc2cccc(Br)c2)cc(C)c1OCc1ccc(Cl)c(Cl)c1. The average molecular weight is 530 g/mol. The highest BCUT2D eigenvalue weighted by Crippen LogP contribution is 2.28. The van der Waals surface area contributed by atoms with Gasteiger partial charge in [-0.1, -0.05) is 51.3 Å². The molecule has 1 amide bonds. The number of benzene rings is 3. The van der Waals surface area contributed by atoms with Crippen LogP contribution >= 0.6 is 39.1 Å². The van der Waals surface area contributed by atoms with Crippen molar-refractivity contribution in [3.05, 3.63) is 96.9 Å². The molecule has 3 aromatic rings. The van der Waals surface area contributed by atoms with E-state index in [1.165, 1.54) is 0 Å². The van der Waals surface area contributed by atoms with Crippen LogP contribution in [0.3, 0.4) is 0 Å². The van der Waals surface area contributed by atoms with Crippen molar-refractivity contribution in [2.75, 3.05) is 5.32 Å². The molecule has 162 valence electrons. The Labute approximate surface area is 205 Å². The molecule has 0 aromatic heterocycles. The highest BCUT2D eigenvalue weighted by Gasteiger charge is 2.12. The fourth-order valence-electron chi connectivity index (χ4n) is 3.16. The molecule has 0 aliphatic carbocycles. The van der Waals surface area contributed by atoms with Gasteiger partial charge in [0, 0.05) is 10.2 Å². The normalized spacial score (nSPS) is 11.1. The minimum Gasteiger partial charge on any atom is -0.488 e. The fraction of sp³-hybridized carbons (Fsp3) is 0.120. The number of carbonyl (C=O) groups is 1. The third-order valence-corrected chi connectivity index (χ3v) is 5.84. The number of hydrogen-bond acceptors (Lipinski definition) is 3. The quantitative estimate of drug-likeness (QED) is 0.265. The predicted octanol–water partition coefficient (Wildman–Crippen LogP) is 7.50. The van der Waals surface area contributed by atoms with E-state index in [1.807, 2.05) is 44.2 Å². The van der Waals surface area contributed by atoms with Crippen molar-refractivity contribution in [2.24, 2.45) is 0 Å². The molecular weight excluding hydrogens is 511 g/mol. The molecule has 0 aliphatic heterocycles. The topological polar surface area (TPSA) is 62.1 Å². The number of nitrogens with one attached hydrogen (secondary N) is 1. The van der Waals surface area contributed by atoms with Crippen LogP contribution in [0.1, 0.15) is 22.3 Å². The van der Waals surface area contributed by atoms with Gasteiger partial charge in [0.2, 0.25) is 0 Å². The highest BCUT2D eigenvalue weighted by atomic mass is 79.9. The smallest absolute Gasteiger partial charge is 0.266 e. The number of ether oxygens (including phenoxy) is 1. The lowest BCUT2D eigenvalue weighted by molar-refractivity contribution is -0.112. The second-order valence-corrected chi connectivity index (χ2v) is 8.89. The molecule has 0 unspecified atom stereocenters. The molecule has 32 heavy (non-hydrogen) atoms. The number of rotatable bonds is 6. The van der Waals surface area contributed by atoms with E-state index in [9.17, 15) is 10.1 Å². The summed E-state index contributed by atoms with van der Waals surface area (Å²) in [4.78, 5) is 12.5. The maximum Gasteiger partial charge on any atom is 0.266 e. The van der Waals surface area contributed by atoms with Gasteiger partial charge in [-0.15, -0.1) is 0 Å². The van der Waals surface area contributed by atoms with Crippen molar-refractivity contribution >= 4 is 56.8 Å². The van der Waals surface area contributed by atoms with Gasteiger partial charge in [0.15, 0.2) is 0 Å². The van der Waals surface area contributed by atoms with Gasteiger partial charge < -0.3 is 10.1 Å². The largest absolute Gasteiger partial charge is 0.488 e. The van der Waals surface area contributed by atoms with Crippen LogP contribution in [0.25, 0.3) is 6.08 Å². The number of nitrogens with zero attached hydrogens (tertiary/aromatic N) is 1. The zero-order valence-electron chi connectivity index (χ0n) is 17.4. The van der Waals surface area contributed by atoms with Crippen molar-refractivity contribution in [3.63, 3.8) is 0 Å². The summed E-state index contributed by atoms with van der Waals surface area (Å²) in [6.45, 7) is 4.18. The number of hydrogen-bond donors (Lipinski definition) is 1. The van der Waals surface area contributed by atoms with E-state index in [2.05, 4.69) is 21.2 Å². The van der Waals surface area contributed by atoms with Crippen LogP contribution in [-0.2, 0) is 11.4 Å². The molecule has 3 aromatic carbocycles. The molecule has 0 radical (unpaired) electrons. The van der Waals surface area contributed by atoms with Crippen molar-refractivity contribution in [3.8, 4) is 11.8 Å². The Bertz CT molecular complexity index is 1230. The van der Waals surface area contributed by atoms with Crippen LogP contribution in [0.5, 0.6) is 5.75 Å². The molecule has 0 fully saturated rings. The Hall–Kier alpha value is -2.78. The lowest BCUT2D eigenvalue weighted by Crippen LogP contribution is -2.13. The first-order valence-corrected chi connectivity index (χ1v) is 11.2. The molecule has 7 heteroatoms. The molecule has 0 bridgehead atoms. The number of nitriles is 1. The lowest BCUT2D eigenvalue weighted by atomic mass is 10.0.